The second-order valence-electron chi connectivity index (χ2n) is 7.18. The summed E-state index contributed by atoms with van der Waals surface area (Å²) in [5, 5.41) is 10.7. The number of carbonyl (C=O) groups is 1. The first-order valence-electron chi connectivity index (χ1n) is 10.1. The van der Waals surface area contributed by atoms with Crippen molar-refractivity contribution < 1.29 is 4.79 Å². The molecule has 0 aliphatic carbocycles. The molecule has 30 heavy (non-hydrogen) atoms. The monoisotopic (exact) mass is 402 g/mol. The number of aromatic nitrogens is 2. The average Bonchev–Trinajstić information content (AvgIpc) is 3.44. The zero-order chi connectivity index (χ0) is 20.8. The van der Waals surface area contributed by atoms with Gasteiger partial charge < -0.3 is 15.5 Å². The Balaban J connectivity index is 1.32. The molecule has 1 aliphatic rings. The van der Waals surface area contributed by atoms with Gasteiger partial charge in [-0.15, -0.1) is 0 Å². The van der Waals surface area contributed by atoms with E-state index in [0.29, 0.717) is 19.0 Å². The Morgan fingerprint density at radius 1 is 1.07 bits per heavy atom. The molecule has 2 aromatic carbocycles. The van der Waals surface area contributed by atoms with Crippen molar-refractivity contribution in [1.29, 1.82) is 0 Å². The van der Waals surface area contributed by atoms with Crippen molar-refractivity contribution in [3.8, 4) is 0 Å². The minimum atomic E-state index is 0.0435. The second kappa shape index (κ2) is 9.26. The molecule has 0 radical (unpaired) electrons. The molecule has 1 aromatic heterocycles. The van der Waals surface area contributed by atoms with Crippen molar-refractivity contribution in [3.63, 3.8) is 0 Å². The Morgan fingerprint density at radius 2 is 1.87 bits per heavy atom. The van der Waals surface area contributed by atoms with Crippen LogP contribution in [0.15, 0.2) is 72.0 Å². The summed E-state index contributed by atoms with van der Waals surface area (Å²) < 4.78 is 1.90. The van der Waals surface area contributed by atoms with Crippen molar-refractivity contribution in [3.05, 3.63) is 83.7 Å². The van der Waals surface area contributed by atoms with Gasteiger partial charge >= 0.3 is 0 Å². The number of fused-ring (bicyclic) bond motifs is 1. The highest BCUT2D eigenvalue weighted by Crippen LogP contribution is 2.27. The first kappa shape index (κ1) is 19.7. The van der Waals surface area contributed by atoms with Crippen LogP contribution in [0.2, 0.25) is 0 Å². The van der Waals surface area contributed by atoms with Gasteiger partial charge in [-0.05, 0) is 35.2 Å². The molecule has 0 saturated heterocycles. The van der Waals surface area contributed by atoms with Crippen LogP contribution in [0.5, 0.6) is 0 Å². The van der Waals surface area contributed by atoms with Crippen molar-refractivity contribution in [2.24, 2.45) is 4.99 Å². The molecule has 1 aliphatic heterocycles. The van der Waals surface area contributed by atoms with Crippen LogP contribution in [-0.2, 0) is 24.3 Å². The summed E-state index contributed by atoms with van der Waals surface area (Å²) in [5.41, 5.74) is 4.59. The smallest absolute Gasteiger partial charge is 0.246 e. The molecular formula is C23H26N6O. The van der Waals surface area contributed by atoms with Crippen molar-refractivity contribution in [1.82, 2.24) is 20.4 Å². The first-order valence-corrected chi connectivity index (χ1v) is 10.1. The summed E-state index contributed by atoms with van der Waals surface area (Å²) in [6, 6.07) is 18.2. The number of amides is 1. The van der Waals surface area contributed by atoms with Gasteiger partial charge in [-0.1, -0.05) is 42.5 Å². The summed E-state index contributed by atoms with van der Waals surface area (Å²) in [5.74, 6) is 0.645. The molecule has 3 aromatic rings. The zero-order valence-electron chi connectivity index (χ0n) is 17.1. The third kappa shape index (κ3) is 4.51. The van der Waals surface area contributed by atoms with E-state index >= 15 is 0 Å². The van der Waals surface area contributed by atoms with Gasteiger partial charge in [0.15, 0.2) is 5.96 Å². The molecule has 0 bridgehead atoms. The zero-order valence-corrected chi connectivity index (χ0v) is 17.1. The first-order chi connectivity index (χ1) is 14.7. The van der Waals surface area contributed by atoms with Crippen molar-refractivity contribution >= 4 is 17.6 Å². The molecule has 0 unspecified atom stereocenters. The van der Waals surface area contributed by atoms with E-state index in [1.54, 1.807) is 13.2 Å². The van der Waals surface area contributed by atoms with Crippen LogP contribution in [0.4, 0.5) is 5.69 Å². The van der Waals surface area contributed by atoms with E-state index in [0.717, 1.165) is 24.2 Å². The standard InChI is InChI=1S/C23H26N6O/c1-24-23(26-16-22(30)29-14-11-18-7-4-5-10-21(18)29)25-15-19-8-2-3-9-20(19)17-28-13-6-12-27-28/h2-10,12-13H,11,14-17H2,1H3,(H2,24,25,26). The minimum absolute atomic E-state index is 0.0435. The van der Waals surface area contributed by atoms with Crippen LogP contribution in [0.25, 0.3) is 0 Å². The van der Waals surface area contributed by atoms with Crippen LogP contribution in [0, 0.1) is 0 Å². The van der Waals surface area contributed by atoms with Crippen molar-refractivity contribution in [2.45, 2.75) is 19.5 Å². The molecule has 4 rings (SSSR count). The third-order valence-corrected chi connectivity index (χ3v) is 5.28. The molecule has 0 atom stereocenters. The molecule has 1 amide bonds. The number of guanidine groups is 1. The van der Waals surface area contributed by atoms with Gasteiger partial charge in [-0.2, -0.15) is 5.10 Å². The van der Waals surface area contributed by atoms with E-state index in [-0.39, 0.29) is 12.5 Å². The van der Waals surface area contributed by atoms with E-state index in [1.807, 2.05) is 52.2 Å². The fraction of sp³-hybridized carbons (Fsp3) is 0.261. The fourth-order valence-electron chi connectivity index (χ4n) is 3.70. The molecule has 0 saturated carbocycles. The number of benzene rings is 2. The van der Waals surface area contributed by atoms with Gasteiger partial charge in [0.1, 0.15) is 0 Å². The highest BCUT2D eigenvalue weighted by Gasteiger charge is 2.23. The Hall–Kier alpha value is -3.61. The maximum atomic E-state index is 12.7. The molecule has 0 spiro atoms. The Labute approximate surface area is 176 Å². The average molecular weight is 403 g/mol. The normalized spacial score (nSPS) is 13.2. The summed E-state index contributed by atoms with van der Waals surface area (Å²) in [4.78, 5) is 18.8. The lowest BCUT2D eigenvalue weighted by molar-refractivity contribution is -0.117. The van der Waals surface area contributed by atoms with Gasteiger partial charge in [-0.3, -0.25) is 14.5 Å². The summed E-state index contributed by atoms with van der Waals surface area (Å²) >= 11 is 0. The van der Waals surface area contributed by atoms with Gasteiger partial charge in [-0.25, -0.2) is 0 Å². The number of para-hydroxylation sites is 1. The molecule has 154 valence electrons. The largest absolute Gasteiger partial charge is 0.352 e. The van der Waals surface area contributed by atoms with Crippen LogP contribution in [0.3, 0.4) is 0 Å². The van der Waals surface area contributed by atoms with Crippen LogP contribution in [-0.4, -0.2) is 41.8 Å². The number of nitrogens with one attached hydrogen (secondary N) is 2. The summed E-state index contributed by atoms with van der Waals surface area (Å²) in [7, 11) is 1.71. The number of hydrogen-bond donors (Lipinski definition) is 2. The molecule has 2 heterocycles. The second-order valence-corrected chi connectivity index (χ2v) is 7.18. The highest BCUT2D eigenvalue weighted by molar-refractivity contribution is 5.98. The van der Waals surface area contributed by atoms with E-state index in [1.165, 1.54) is 11.1 Å². The minimum Gasteiger partial charge on any atom is -0.352 e. The number of nitrogens with zero attached hydrogens (tertiary/aromatic N) is 4. The van der Waals surface area contributed by atoms with E-state index in [2.05, 4.69) is 38.9 Å². The molecule has 7 nitrogen and oxygen atoms in total. The predicted octanol–water partition coefficient (Wildman–Crippen LogP) is 2.19. The number of aliphatic imine (C=N–C) groups is 1. The summed E-state index contributed by atoms with van der Waals surface area (Å²) in [6.45, 7) is 2.25. The number of carbonyl (C=O) groups excluding carboxylic acids is 1. The van der Waals surface area contributed by atoms with Gasteiger partial charge in [0.2, 0.25) is 5.91 Å². The van der Waals surface area contributed by atoms with E-state index in [9.17, 15) is 4.79 Å². The third-order valence-electron chi connectivity index (χ3n) is 5.28. The lowest BCUT2D eigenvalue weighted by Gasteiger charge is -2.19. The SMILES string of the molecule is CN=C(NCC(=O)N1CCc2ccccc21)NCc1ccccc1Cn1cccn1. The molecule has 0 fully saturated rings. The van der Waals surface area contributed by atoms with Gasteiger partial charge in [0, 0.05) is 38.2 Å². The van der Waals surface area contributed by atoms with Crippen LogP contribution < -0.4 is 15.5 Å². The fourth-order valence-corrected chi connectivity index (χ4v) is 3.70. The summed E-state index contributed by atoms with van der Waals surface area (Å²) in [6.07, 6.45) is 4.64. The van der Waals surface area contributed by atoms with E-state index < -0.39 is 0 Å². The Bertz CT molecular complexity index is 1030. The maximum Gasteiger partial charge on any atom is 0.246 e. The Morgan fingerprint density at radius 3 is 2.67 bits per heavy atom. The van der Waals surface area contributed by atoms with Crippen LogP contribution >= 0.6 is 0 Å². The van der Waals surface area contributed by atoms with E-state index in [4.69, 9.17) is 0 Å². The van der Waals surface area contributed by atoms with Gasteiger partial charge in [0.25, 0.3) is 0 Å². The topological polar surface area (TPSA) is 74.6 Å². The van der Waals surface area contributed by atoms with Crippen LogP contribution in [0.1, 0.15) is 16.7 Å². The Kier molecular flexibility index (Phi) is 6.08. The number of hydrogen-bond acceptors (Lipinski definition) is 3. The molecular weight excluding hydrogens is 376 g/mol. The molecule has 2 N–H and O–H groups in total. The molecule has 7 heteroatoms. The lowest BCUT2D eigenvalue weighted by Crippen LogP contribution is -2.44. The van der Waals surface area contributed by atoms with Gasteiger partial charge in [0.05, 0.1) is 13.1 Å². The predicted molar refractivity (Wildman–Crippen MR) is 118 cm³/mol. The quantitative estimate of drug-likeness (QED) is 0.490. The number of rotatable bonds is 6. The number of anilines is 1. The lowest BCUT2D eigenvalue weighted by atomic mass is 10.1. The van der Waals surface area contributed by atoms with Crippen molar-refractivity contribution in [2.75, 3.05) is 25.0 Å². The maximum absolute atomic E-state index is 12.7. The highest BCUT2D eigenvalue weighted by atomic mass is 16.2.